The molecule has 220 valence electrons. The van der Waals surface area contributed by atoms with Gasteiger partial charge < -0.3 is 5.32 Å². The fourth-order valence-corrected chi connectivity index (χ4v) is 5.31. The predicted octanol–water partition coefficient (Wildman–Crippen LogP) is 10.9. The molecule has 1 aliphatic rings. The van der Waals surface area contributed by atoms with Crippen molar-refractivity contribution in [3.05, 3.63) is 117 Å². The Hall–Kier alpha value is -3.98. The molecule has 1 aliphatic heterocycles. The lowest BCUT2D eigenvalue weighted by atomic mass is 9.92. The zero-order chi connectivity index (χ0) is 30.0. The normalized spacial score (nSPS) is 13.7. The largest absolute Gasteiger partial charge is 0.378 e. The Balaban J connectivity index is 0.000000171. The van der Waals surface area contributed by atoms with Gasteiger partial charge in [-0.05, 0) is 144 Å². The number of aromatic nitrogens is 2. The van der Waals surface area contributed by atoms with Crippen molar-refractivity contribution < 1.29 is 0 Å². The minimum absolute atomic E-state index is 0. The molecule has 3 nitrogen and oxygen atoms in total. The number of anilines is 1. The Morgan fingerprint density at radius 1 is 0.619 bits per heavy atom. The van der Waals surface area contributed by atoms with E-state index in [1.54, 1.807) is 0 Å². The van der Waals surface area contributed by atoms with E-state index in [1.807, 2.05) is 6.20 Å². The molecule has 0 saturated heterocycles. The SMILES string of the molecule is C.CC1=C(C)C(C)Nc2cc(C)ccc21.Cc1ccc2c(C)c(C)c(C)nc2c1.Cc1ccc2c(C)c(C)cnc2c1. The number of benzene rings is 3. The van der Waals surface area contributed by atoms with E-state index < -0.39 is 0 Å². The highest BCUT2D eigenvalue weighted by atomic mass is 14.9. The second-order valence-electron chi connectivity index (χ2n) is 11.8. The first-order valence-electron chi connectivity index (χ1n) is 14.6. The molecule has 0 fully saturated rings. The van der Waals surface area contributed by atoms with Crippen LogP contribution in [-0.4, -0.2) is 16.0 Å². The van der Waals surface area contributed by atoms with Crippen LogP contribution in [0.3, 0.4) is 0 Å². The van der Waals surface area contributed by atoms with Crippen molar-refractivity contribution in [2.24, 2.45) is 0 Å². The zero-order valence-corrected chi connectivity index (χ0v) is 26.7. The van der Waals surface area contributed by atoms with Crippen LogP contribution in [0.4, 0.5) is 5.69 Å². The number of nitrogens with one attached hydrogen (secondary N) is 1. The summed E-state index contributed by atoms with van der Waals surface area (Å²) in [6.07, 6.45) is 1.94. The first-order chi connectivity index (χ1) is 19.4. The van der Waals surface area contributed by atoms with Gasteiger partial charge in [0.2, 0.25) is 0 Å². The molecule has 0 amide bonds. The smallest absolute Gasteiger partial charge is 0.0710 e. The number of pyridine rings is 2. The fourth-order valence-electron chi connectivity index (χ4n) is 5.31. The van der Waals surface area contributed by atoms with E-state index in [2.05, 4.69) is 146 Å². The van der Waals surface area contributed by atoms with Gasteiger partial charge in [-0.1, -0.05) is 43.8 Å². The molecule has 0 aliphatic carbocycles. The van der Waals surface area contributed by atoms with E-state index in [0.29, 0.717) is 6.04 Å². The van der Waals surface area contributed by atoms with Crippen LogP contribution < -0.4 is 5.32 Å². The molecule has 42 heavy (non-hydrogen) atoms. The van der Waals surface area contributed by atoms with Gasteiger partial charge in [0.25, 0.3) is 0 Å². The first-order valence-corrected chi connectivity index (χ1v) is 14.6. The van der Waals surface area contributed by atoms with Crippen LogP contribution in [0.2, 0.25) is 0 Å². The van der Waals surface area contributed by atoms with Gasteiger partial charge in [-0.3, -0.25) is 9.97 Å². The van der Waals surface area contributed by atoms with Gasteiger partial charge in [0, 0.05) is 40.0 Å². The number of aryl methyl sites for hydroxylation is 7. The molecule has 0 saturated carbocycles. The lowest BCUT2D eigenvalue weighted by Gasteiger charge is -2.27. The molecule has 0 bridgehead atoms. The molecular formula is C39H49N3. The lowest BCUT2D eigenvalue weighted by Crippen LogP contribution is -2.22. The summed E-state index contributed by atoms with van der Waals surface area (Å²) in [5.41, 5.74) is 18.0. The molecule has 1 atom stereocenters. The third kappa shape index (κ3) is 6.90. The maximum absolute atomic E-state index is 4.60. The van der Waals surface area contributed by atoms with Gasteiger partial charge in [0.1, 0.15) is 0 Å². The molecular weight excluding hydrogens is 510 g/mol. The van der Waals surface area contributed by atoms with Crippen LogP contribution in [0, 0.1) is 55.4 Å². The van der Waals surface area contributed by atoms with Crippen molar-refractivity contribution >= 4 is 33.1 Å². The molecule has 0 radical (unpaired) electrons. The van der Waals surface area contributed by atoms with E-state index in [1.165, 1.54) is 72.1 Å². The van der Waals surface area contributed by atoms with E-state index in [0.717, 1.165) is 16.7 Å². The van der Waals surface area contributed by atoms with Crippen molar-refractivity contribution in [3.63, 3.8) is 0 Å². The highest BCUT2D eigenvalue weighted by Crippen LogP contribution is 2.33. The van der Waals surface area contributed by atoms with E-state index >= 15 is 0 Å². The summed E-state index contributed by atoms with van der Waals surface area (Å²) in [5, 5.41) is 6.07. The van der Waals surface area contributed by atoms with Crippen molar-refractivity contribution in [2.45, 2.75) is 89.6 Å². The maximum Gasteiger partial charge on any atom is 0.0710 e. The lowest BCUT2D eigenvalue weighted by molar-refractivity contribution is 0.911. The number of rotatable bonds is 0. The highest BCUT2D eigenvalue weighted by Gasteiger charge is 2.17. The number of fused-ring (bicyclic) bond motifs is 3. The molecule has 6 rings (SSSR count). The van der Waals surface area contributed by atoms with Crippen LogP contribution in [0.1, 0.15) is 78.4 Å². The minimum atomic E-state index is 0. The van der Waals surface area contributed by atoms with Crippen molar-refractivity contribution in [3.8, 4) is 0 Å². The molecule has 0 spiro atoms. The van der Waals surface area contributed by atoms with Gasteiger partial charge in [0.15, 0.2) is 0 Å². The quantitative estimate of drug-likeness (QED) is 0.205. The number of hydrogen-bond acceptors (Lipinski definition) is 3. The van der Waals surface area contributed by atoms with Crippen LogP contribution >= 0.6 is 0 Å². The first kappa shape index (κ1) is 32.5. The van der Waals surface area contributed by atoms with Crippen LogP contribution in [-0.2, 0) is 0 Å². The monoisotopic (exact) mass is 559 g/mol. The highest BCUT2D eigenvalue weighted by molar-refractivity contribution is 5.84. The standard InChI is InChI=1S/C13H17N.C13H15N.C12H13N.CH4/c2*1-8-5-6-12-10(3)9(2)11(4)14-13(12)7-8;1-8-4-5-11-10(3)9(2)7-13-12(11)6-8;/h5-7,11,14H,1-4H3;5-7H,1-4H3;4-7H,1-3H3;1H4. The van der Waals surface area contributed by atoms with Crippen LogP contribution in [0.5, 0.6) is 0 Å². The maximum atomic E-state index is 4.60. The number of hydrogen-bond donors (Lipinski definition) is 1. The summed E-state index contributed by atoms with van der Waals surface area (Å²) < 4.78 is 0. The topological polar surface area (TPSA) is 37.8 Å². The summed E-state index contributed by atoms with van der Waals surface area (Å²) >= 11 is 0. The Kier molecular flexibility index (Phi) is 10.3. The van der Waals surface area contributed by atoms with Gasteiger partial charge >= 0.3 is 0 Å². The summed E-state index contributed by atoms with van der Waals surface area (Å²) in [6.45, 7) is 23.6. The molecule has 3 aromatic carbocycles. The minimum Gasteiger partial charge on any atom is -0.378 e. The summed E-state index contributed by atoms with van der Waals surface area (Å²) in [5.74, 6) is 0. The fraction of sp³-hybridized carbons (Fsp3) is 0.333. The van der Waals surface area contributed by atoms with Gasteiger partial charge in [0.05, 0.1) is 11.0 Å². The molecule has 3 heterocycles. The third-order valence-electron chi connectivity index (χ3n) is 8.69. The molecule has 1 N–H and O–H groups in total. The zero-order valence-electron chi connectivity index (χ0n) is 26.7. The van der Waals surface area contributed by atoms with Gasteiger partial charge in [-0.2, -0.15) is 0 Å². The second-order valence-corrected chi connectivity index (χ2v) is 11.8. The van der Waals surface area contributed by atoms with Gasteiger partial charge in [-0.15, -0.1) is 0 Å². The van der Waals surface area contributed by atoms with Gasteiger partial charge in [-0.25, -0.2) is 0 Å². The van der Waals surface area contributed by atoms with E-state index in [-0.39, 0.29) is 7.43 Å². The van der Waals surface area contributed by atoms with Crippen molar-refractivity contribution in [1.29, 1.82) is 0 Å². The van der Waals surface area contributed by atoms with Crippen LogP contribution in [0.25, 0.3) is 27.4 Å². The summed E-state index contributed by atoms with van der Waals surface area (Å²) in [6, 6.07) is 19.9. The number of allylic oxidation sites excluding steroid dienone is 1. The number of nitrogens with zero attached hydrogens (tertiary/aromatic N) is 2. The van der Waals surface area contributed by atoms with Crippen molar-refractivity contribution in [1.82, 2.24) is 9.97 Å². The Bertz CT molecular complexity index is 1780. The summed E-state index contributed by atoms with van der Waals surface area (Å²) in [7, 11) is 0. The Morgan fingerprint density at radius 3 is 1.81 bits per heavy atom. The Morgan fingerprint density at radius 2 is 1.17 bits per heavy atom. The second kappa shape index (κ2) is 13.3. The average Bonchev–Trinajstić information content (AvgIpc) is 2.93. The predicted molar refractivity (Wildman–Crippen MR) is 186 cm³/mol. The molecule has 1 unspecified atom stereocenters. The molecule has 3 heteroatoms. The average molecular weight is 560 g/mol. The molecule has 5 aromatic rings. The van der Waals surface area contributed by atoms with Crippen LogP contribution in [0.15, 0.2) is 66.4 Å². The molecule has 2 aromatic heterocycles. The third-order valence-corrected chi connectivity index (χ3v) is 8.69. The van der Waals surface area contributed by atoms with E-state index in [4.69, 9.17) is 0 Å². The van der Waals surface area contributed by atoms with E-state index in [9.17, 15) is 0 Å². The summed E-state index contributed by atoms with van der Waals surface area (Å²) in [4.78, 5) is 9.00. The Labute approximate surface area is 254 Å². The van der Waals surface area contributed by atoms with Crippen molar-refractivity contribution in [2.75, 3.05) is 5.32 Å².